The van der Waals surface area contributed by atoms with Crippen LogP contribution in [0.1, 0.15) is 26.3 Å². The van der Waals surface area contributed by atoms with E-state index in [1.54, 1.807) is 38.1 Å². The Hall–Kier alpha value is -0.920. The number of sulfonamides is 1. The summed E-state index contributed by atoms with van der Waals surface area (Å²) in [6.07, 6.45) is 0. The highest BCUT2D eigenvalue weighted by molar-refractivity contribution is 9.10. The van der Waals surface area contributed by atoms with Crippen LogP contribution in [-0.2, 0) is 20.4 Å². The third-order valence-corrected chi connectivity index (χ3v) is 5.23. The van der Waals surface area contributed by atoms with Crippen molar-refractivity contribution in [2.75, 3.05) is 0 Å². The summed E-state index contributed by atoms with van der Waals surface area (Å²) in [6, 6.07) is 7.15. The van der Waals surface area contributed by atoms with Gasteiger partial charge in [-0.2, -0.15) is 0 Å². The number of benzene rings is 1. The fourth-order valence-electron chi connectivity index (χ4n) is 1.50. The van der Waals surface area contributed by atoms with E-state index in [2.05, 4.69) is 20.7 Å². The molecule has 1 aromatic carbocycles. The van der Waals surface area contributed by atoms with Gasteiger partial charge in [0.2, 0.25) is 10.0 Å². The second-order valence-electron chi connectivity index (χ2n) is 4.76. The van der Waals surface area contributed by atoms with E-state index < -0.39 is 26.8 Å². The van der Waals surface area contributed by atoms with Crippen LogP contribution in [0.2, 0.25) is 0 Å². The Kier molecular flexibility index (Phi) is 4.76. The molecule has 0 heterocycles. The first-order valence-corrected chi connectivity index (χ1v) is 7.92. The lowest BCUT2D eigenvalue weighted by Crippen LogP contribution is -2.46. The zero-order valence-electron chi connectivity index (χ0n) is 10.8. The summed E-state index contributed by atoms with van der Waals surface area (Å²) in [5, 5.41) is 7.30. The van der Waals surface area contributed by atoms with Crippen molar-refractivity contribution in [3.8, 4) is 0 Å². The molecule has 1 unspecified atom stereocenters. The Labute approximate surface area is 121 Å². The van der Waals surface area contributed by atoms with Crippen molar-refractivity contribution in [3.63, 3.8) is 0 Å². The monoisotopic (exact) mass is 349 g/mol. The Balaban J connectivity index is 3.03. The molecule has 2 N–H and O–H groups in total. The van der Waals surface area contributed by atoms with Crippen molar-refractivity contribution in [1.82, 2.24) is 4.72 Å². The quantitative estimate of drug-likeness (QED) is 0.852. The first kappa shape index (κ1) is 16.1. The predicted octanol–water partition coefficient (Wildman–Crippen LogP) is 2.08. The van der Waals surface area contributed by atoms with Crippen LogP contribution in [-0.4, -0.2) is 24.7 Å². The number of carboxylic acids is 1. The molecule has 5 nitrogen and oxygen atoms in total. The second-order valence-corrected chi connectivity index (χ2v) is 7.68. The van der Waals surface area contributed by atoms with Gasteiger partial charge in [-0.25, -0.2) is 13.1 Å². The molecule has 0 saturated carbocycles. The van der Waals surface area contributed by atoms with Gasteiger partial charge in [0.1, 0.15) is 0 Å². The first-order chi connectivity index (χ1) is 8.56. The Morgan fingerprint density at radius 1 is 1.32 bits per heavy atom. The Morgan fingerprint density at radius 2 is 1.79 bits per heavy atom. The summed E-state index contributed by atoms with van der Waals surface area (Å²) in [4.78, 5) is 10.8. The van der Waals surface area contributed by atoms with Gasteiger partial charge in [0.05, 0.1) is 5.54 Å². The standard InChI is InChI=1S/C12H16BrNO4S/c1-8(11(15)16)19(17,18)14-12(2,3)9-4-6-10(13)7-5-9/h4-8,14H,1-3H3,(H,15,16). The number of carbonyl (C=O) groups is 1. The van der Waals surface area contributed by atoms with Crippen LogP contribution in [0, 0.1) is 0 Å². The van der Waals surface area contributed by atoms with E-state index in [0.29, 0.717) is 0 Å². The fourth-order valence-corrected chi connectivity index (χ4v) is 3.04. The summed E-state index contributed by atoms with van der Waals surface area (Å²) < 4.78 is 27.2. The average Bonchev–Trinajstić information content (AvgIpc) is 2.27. The van der Waals surface area contributed by atoms with Crippen LogP contribution in [0.25, 0.3) is 0 Å². The molecule has 7 heteroatoms. The second kappa shape index (κ2) is 5.60. The number of carboxylic acid groups (broad SMARTS) is 1. The lowest BCUT2D eigenvalue weighted by atomic mass is 9.96. The van der Waals surface area contributed by atoms with Gasteiger partial charge in [-0.3, -0.25) is 4.79 Å². The predicted molar refractivity (Wildman–Crippen MR) is 76.3 cm³/mol. The van der Waals surface area contributed by atoms with E-state index in [9.17, 15) is 13.2 Å². The molecule has 0 spiro atoms. The van der Waals surface area contributed by atoms with Crippen LogP contribution < -0.4 is 4.72 Å². The lowest BCUT2D eigenvalue weighted by molar-refractivity contribution is -0.136. The molecule has 0 bridgehead atoms. The topological polar surface area (TPSA) is 83.5 Å². The highest BCUT2D eigenvalue weighted by Gasteiger charge is 2.34. The van der Waals surface area contributed by atoms with Gasteiger partial charge in [0.15, 0.2) is 5.25 Å². The van der Waals surface area contributed by atoms with Crippen LogP contribution in [0.5, 0.6) is 0 Å². The number of hydrogen-bond acceptors (Lipinski definition) is 3. The van der Waals surface area contributed by atoms with Gasteiger partial charge in [-0.05, 0) is 38.5 Å². The number of rotatable bonds is 5. The lowest BCUT2D eigenvalue weighted by Gasteiger charge is -2.27. The number of halogens is 1. The minimum atomic E-state index is -3.94. The molecule has 1 atom stereocenters. The van der Waals surface area contributed by atoms with E-state index in [-0.39, 0.29) is 0 Å². The zero-order valence-corrected chi connectivity index (χ0v) is 13.2. The van der Waals surface area contributed by atoms with Gasteiger partial charge in [0.25, 0.3) is 0 Å². The molecule has 0 aliphatic carbocycles. The molecular formula is C12H16BrNO4S. The van der Waals surface area contributed by atoms with E-state index >= 15 is 0 Å². The Bertz CT molecular complexity index is 566. The number of nitrogens with one attached hydrogen (secondary N) is 1. The summed E-state index contributed by atoms with van der Waals surface area (Å²) >= 11 is 3.30. The van der Waals surface area contributed by atoms with Crippen LogP contribution >= 0.6 is 15.9 Å². The molecule has 0 fully saturated rings. The highest BCUT2D eigenvalue weighted by Crippen LogP contribution is 2.23. The number of aliphatic carboxylic acids is 1. The summed E-state index contributed by atoms with van der Waals surface area (Å²) in [5.41, 5.74) is -0.139. The van der Waals surface area contributed by atoms with Gasteiger partial charge >= 0.3 is 5.97 Å². The van der Waals surface area contributed by atoms with Gasteiger partial charge in [-0.1, -0.05) is 28.1 Å². The molecule has 0 aliphatic rings. The SMILES string of the molecule is CC(C(=O)O)S(=O)(=O)NC(C)(C)c1ccc(Br)cc1. The molecule has 0 aliphatic heterocycles. The van der Waals surface area contributed by atoms with Crippen molar-refractivity contribution >= 4 is 31.9 Å². The highest BCUT2D eigenvalue weighted by atomic mass is 79.9. The normalized spacial score (nSPS) is 14.1. The molecule has 19 heavy (non-hydrogen) atoms. The van der Waals surface area contributed by atoms with Crippen molar-refractivity contribution < 1.29 is 18.3 Å². The maximum Gasteiger partial charge on any atom is 0.323 e. The minimum Gasteiger partial charge on any atom is -0.480 e. The third kappa shape index (κ3) is 4.02. The third-order valence-electron chi connectivity index (χ3n) is 2.78. The van der Waals surface area contributed by atoms with E-state index in [1.165, 1.54) is 0 Å². The fraction of sp³-hybridized carbons (Fsp3) is 0.417. The number of hydrogen-bond donors (Lipinski definition) is 2. The van der Waals surface area contributed by atoms with Gasteiger partial charge < -0.3 is 5.11 Å². The maximum atomic E-state index is 11.9. The Morgan fingerprint density at radius 3 is 2.21 bits per heavy atom. The average molecular weight is 350 g/mol. The summed E-state index contributed by atoms with van der Waals surface area (Å²) in [6.45, 7) is 4.51. The van der Waals surface area contributed by atoms with Crippen LogP contribution in [0.4, 0.5) is 0 Å². The molecule has 0 amide bonds. The molecule has 106 valence electrons. The maximum absolute atomic E-state index is 11.9. The molecule has 1 aromatic rings. The van der Waals surface area contributed by atoms with Crippen molar-refractivity contribution in [3.05, 3.63) is 34.3 Å². The van der Waals surface area contributed by atoms with E-state index in [4.69, 9.17) is 5.11 Å². The van der Waals surface area contributed by atoms with E-state index in [1.807, 2.05) is 0 Å². The molecule has 1 rings (SSSR count). The minimum absolute atomic E-state index is 0.747. The summed E-state index contributed by atoms with van der Waals surface area (Å²) in [7, 11) is -3.94. The van der Waals surface area contributed by atoms with Crippen molar-refractivity contribution in [1.29, 1.82) is 0 Å². The summed E-state index contributed by atoms with van der Waals surface area (Å²) in [5.74, 6) is -1.38. The van der Waals surface area contributed by atoms with Crippen molar-refractivity contribution in [2.24, 2.45) is 0 Å². The van der Waals surface area contributed by atoms with Gasteiger partial charge in [0, 0.05) is 4.47 Å². The van der Waals surface area contributed by atoms with Crippen LogP contribution in [0.15, 0.2) is 28.7 Å². The smallest absolute Gasteiger partial charge is 0.323 e. The molecular weight excluding hydrogens is 334 g/mol. The van der Waals surface area contributed by atoms with Crippen molar-refractivity contribution in [2.45, 2.75) is 31.6 Å². The van der Waals surface area contributed by atoms with E-state index in [0.717, 1.165) is 17.0 Å². The van der Waals surface area contributed by atoms with Gasteiger partial charge in [-0.15, -0.1) is 0 Å². The largest absolute Gasteiger partial charge is 0.480 e. The molecule has 0 radical (unpaired) electrons. The molecule has 0 saturated heterocycles. The zero-order chi connectivity index (χ0) is 14.8. The molecule has 0 aromatic heterocycles. The first-order valence-electron chi connectivity index (χ1n) is 5.58. The van der Waals surface area contributed by atoms with Crippen LogP contribution in [0.3, 0.4) is 0 Å².